The third-order valence-electron chi connectivity index (χ3n) is 2.34. The highest BCUT2D eigenvalue weighted by atomic mass is 19.3. The molecule has 0 aromatic carbocycles. The van der Waals surface area contributed by atoms with Crippen LogP contribution < -0.4 is 0 Å². The highest BCUT2D eigenvalue weighted by Crippen LogP contribution is 2.36. The molecule has 0 radical (unpaired) electrons. The van der Waals surface area contributed by atoms with Gasteiger partial charge >= 0.3 is 11.9 Å². The molecule has 3 atom stereocenters. The van der Waals surface area contributed by atoms with Gasteiger partial charge in [0.25, 0.3) is 5.92 Å². The number of hydrogen-bond donors (Lipinski definition) is 0. The standard InChI is InChI=1S/C10H14F2O5/c1-5(13)16-8-7(10(3,11)12)4-15-9(8)17-6(2)14/h7-9H,4H2,1-3H3. The predicted molar refractivity (Wildman–Crippen MR) is 51.2 cm³/mol. The lowest BCUT2D eigenvalue weighted by Crippen LogP contribution is -2.41. The van der Waals surface area contributed by atoms with Gasteiger partial charge in [0.15, 0.2) is 6.10 Å². The van der Waals surface area contributed by atoms with Crippen LogP contribution in [0, 0.1) is 5.92 Å². The van der Waals surface area contributed by atoms with E-state index >= 15 is 0 Å². The number of halogens is 2. The summed E-state index contributed by atoms with van der Waals surface area (Å²) in [5, 5.41) is 0. The van der Waals surface area contributed by atoms with Crippen LogP contribution in [-0.4, -0.2) is 36.9 Å². The van der Waals surface area contributed by atoms with Gasteiger partial charge < -0.3 is 14.2 Å². The first kappa shape index (κ1) is 13.8. The van der Waals surface area contributed by atoms with Gasteiger partial charge in [-0.1, -0.05) is 0 Å². The minimum Gasteiger partial charge on any atom is -0.455 e. The maximum Gasteiger partial charge on any atom is 0.305 e. The molecule has 17 heavy (non-hydrogen) atoms. The topological polar surface area (TPSA) is 61.8 Å². The Balaban J connectivity index is 2.81. The van der Waals surface area contributed by atoms with E-state index in [4.69, 9.17) is 9.47 Å². The van der Waals surface area contributed by atoms with Crippen LogP contribution in [0.1, 0.15) is 20.8 Å². The molecule has 0 N–H and O–H groups in total. The average molecular weight is 252 g/mol. The predicted octanol–water partition coefficient (Wildman–Crippen LogP) is 1.11. The van der Waals surface area contributed by atoms with E-state index in [1.807, 2.05) is 0 Å². The van der Waals surface area contributed by atoms with Crippen molar-refractivity contribution in [2.45, 2.75) is 39.1 Å². The summed E-state index contributed by atoms with van der Waals surface area (Å²) in [6, 6.07) is 0. The second-order valence-electron chi connectivity index (χ2n) is 3.95. The van der Waals surface area contributed by atoms with Crippen molar-refractivity contribution >= 4 is 11.9 Å². The van der Waals surface area contributed by atoms with E-state index in [0.717, 1.165) is 13.8 Å². The zero-order valence-corrected chi connectivity index (χ0v) is 9.74. The first-order valence-corrected chi connectivity index (χ1v) is 5.05. The van der Waals surface area contributed by atoms with Gasteiger partial charge in [0, 0.05) is 13.8 Å². The Labute approximate surface area is 97.0 Å². The summed E-state index contributed by atoms with van der Waals surface area (Å²) in [7, 11) is 0. The van der Waals surface area contributed by atoms with E-state index in [9.17, 15) is 18.4 Å². The van der Waals surface area contributed by atoms with Gasteiger partial charge in [0.1, 0.15) is 0 Å². The molecule has 0 aromatic heterocycles. The molecule has 0 spiro atoms. The Hall–Kier alpha value is -1.24. The number of hydrogen-bond acceptors (Lipinski definition) is 5. The lowest BCUT2D eigenvalue weighted by molar-refractivity contribution is -0.193. The quantitative estimate of drug-likeness (QED) is 0.704. The normalized spacial score (nSPS) is 28.9. The number of rotatable bonds is 3. The molecular weight excluding hydrogens is 238 g/mol. The number of ether oxygens (including phenoxy) is 3. The lowest BCUT2D eigenvalue weighted by Gasteiger charge is -2.25. The van der Waals surface area contributed by atoms with Gasteiger partial charge in [-0.3, -0.25) is 9.59 Å². The van der Waals surface area contributed by atoms with E-state index in [1.54, 1.807) is 0 Å². The largest absolute Gasteiger partial charge is 0.455 e. The monoisotopic (exact) mass is 252 g/mol. The van der Waals surface area contributed by atoms with Crippen LogP contribution in [-0.2, 0) is 23.8 Å². The van der Waals surface area contributed by atoms with Crippen LogP contribution in [0.3, 0.4) is 0 Å². The second-order valence-corrected chi connectivity index (χ2v) is 3.95. The van der Waals surface area contributed by atoms with Crippen LogP contribution in [0.5, 0.6) is 0 Å². The average Bonchev–Trinajstić information content (AvgIpc) is 2.45. The molecule has 1 aliphatic heterocycles. The van der Waals surface area contributed by atoms with Crippen LogP contribution in [0.4, 0.5) is 8.78 Å². The number of carbonyl (C=O) groups is 2. The highest BCUT2D eigenvalue weighted by molar-refractivity contribution is 5.67. The zero-order chi connectivity index (χ0) is 13.2. The van der Waals surface area contributed by atoms with Crippen molar-refractivity contribution in [1.29, 1.82) is 0 Å². The molecule has 1 rings (SSSR count). The fourth-order valence-corrected chi connectivity index (χ4v) is 1.61. The minimum absolute atomic E-state index is 0.334. The molecule has 0 aromatic rings. The fourth-order valence-electron chi connectivity index (χ4n) is 1.61. The number of carbonyl (C=O) groups excluding carboxylic acids is 2. The number of alkyl halides is 2. The summed E-state index contributed by atoms with van der Waals surface area (Å²) in [5.41, 5.74) is 0. The van der Waals surface area contributed by atoms with Crippen molar-refractivity contribution in [3.63, 3.8) is 0 Å². The van der Waals surface area contributed by atoms with Crippen molar-refractivity contribution < 1.29 is 32.6 Å². The van der Waals surface area contributed by atoms with E-state index in [0.29, 0.717) is 6.92 Å². The summed E-state index contributed by atoms with van der Waals surface area (Å²) in [4.78, 5) is 21.6. The maximum absolute atomic E-state index is 13.2. The van der Waals surface area contributed by atoms with Gasteiger partial charge in [-0.25, -0.2) is 8.78 Å². The highest BCUT2D eigenvalue weighted by Gasteiger charge is 2.52. The van der Waals surface area contributed by atoms with Crippen molar-refractivity contribution in [3.8, 4) is 0 Å². The number of esters is 2. The van der Waals surface area contributed by atoms with Gasteiger partial charge in [0.05, 0.1) is 12.5 Å². The third-order valence-corrected chi connectivity index (χ3v) is 2.34. The summed E-state index contributed by atoms with van der Waals surface area (Å²) >= 11 is 0. The first-order chi connectivity index (χ1) is 7.71. The molecule has 5 nitrogen and oxygen atoms in total. The summed E-state index contributed by atoms with van der Waals surface area (Å²) < 4.78 is 40.8. The maximum atomic E-state index is 13.2. The summed E-state index contributed by atoms with van der Waals surface area (Å²) in [5.74, 6) is -5.83. The molecule has 98 valence electrons. The van der Waals surface area contributed by atoms with Gasteiger partial charge in [0.2, 0.25) is 6.29 Å². The van der Waals surface area contributed by atoms with Crippen molar-refractivity contribution in [3.05, 3.63) is 0 Å². The molecule has 1 fully saturated rings. The van der Waals surface area contributed by atoms with E-state index < -0.39 is 36.2 Å². The molecule has 0 bridgehead atoms. The second kappa shape index (κ2) is 4.95. The van der Waals surface area contributed by atoms with Crippen LogP contribution in [0.15, 0.2) is 0 Å². The molecule has 1 aliphatic rings. The molecule has 7 heteroatoms. The summed E-state index contributed by atoms with van der Waals surface area (Å²) in [6.45, 7) is 2.58. The Bertz CT molecular complexity index is 312. The van der Waals surface area contributed by atoms with Crippen molar-refractivity contribution in [1.82, 2.24) is 0 Å². The zero-order valence-electron chi connectivity index (χ0n) is 9.74. The van der Waals surface area contributed by atoms with E-state index in [-0.39, 0.29) is 6.61 Å². The molecule has 1 saturated heterocycles. The molecule has 0 amide bonds. The molecule has 0 saturated carbocycles. The Morgan fingerprint density at radius 1 is 1.24 bits per heavy atom. The van der Waals surface area contributed by atoms with Crippen LogP contribution in [0.2, 0.25) is 0 Å². The smallest absolute Gasteiger partial charge is 0.305 e. The van der Waals surface area contributed by atoms with Crippen LogP contribution >= 0.6 is 0 Å². The Morgan fingerprint density at radius 3 is 2.18 bits per heavy atom. The first-order valence-electron chi connectivity index (χ1n) is 5.05. The minimum atomic E-state index is -3.09. The molecule has 3 unspecified atom stereocenters. The van der Waals surface area contributed by atoms with Gasteiger partial charge in [-0.15, -0.1) is 0 Å². The molecule has 1 heterocycles. The van der Waals surface area contributed by atoms with E-state index in [2.05, 4.69) is 4.74 Å². The van der Waals surface area contributed by atoms with Gasteiger partial charge in [-0.2, -0.15) is 0 Å². The fraction of sp³-hybridized carbons (Fsp3) is 0.800. The van der Waals surface area contributed by atoms with Gasteiger partial charge in [-0.05, 0) is 6.92 Å². The lowest BCUT2D eigenvalue weighted by atomic mass is 9.98. The molecular formula is C10H14F2O5. The summed E-state index contributed by atoms with van der Waals surface area (Å²) in [6.07, 6.45) is -2.55. The van der Waals surface area contributed by atoms with Crippen LogP contribution in [0.25, 0.3) is 0 Å². The van der Waals surface area contributed by atoms with Crippen molar-refractivity contribution in [2.75, 3.05) is 6.61 Å². The SMILES string of the molecule is CC(=O)OC1OCC(C(C)(F)F)C1OC(C)=O. The third kappa shape index (κ3) is 3.62. The Morgan fingerprint density at radius 2 is 1.76 bits per heavy atom. The van der Waals surface area contributed by atoms with Crippen molar-refractivity contribution in [2.24, 2.45) is 5.92 Å². The van der Waals surface area contributed by atoms with E-state index in [1.165, 1.54) is 0 Å². The molecule has 0 aliphatic carbocycles. The Kier molecular flexibility index (Phi) is 4.03.